The number of benzene rings is 1. The summed E-state index contributed by atoms with van der Waals surface area (Å²) in [5.41, 5.74) is 0. The normalized spacial score (nSPS) is 9.12. The van der Waals surface area contributed by atoms with E-state index in [1.807, 2.05) is 0 Å². The van der Waals surface area contributed by atoms with Gasteiger partial charge in [0, 0.05) is 16.9 Å². The van der Waals surface area contributed by atoms with Crippen LogP contribution in [0.25, 0.3) is 0 Å². The Morgan fingerprint density at radius 3 is 2.29 bits per heavy atom. The van der Waals surface area contributed by atoms with Crippen molar-refractivity contribution in [3.8, 4) is 5.75 Å². The second kappa shape index (κ2) is 10.5. The number of aromatic hydroxyl groups is 1. The number of rotatable bonds is 4. The largest absolute Gasteiger partial charge is 0.508 e. The molecule has 1 aromatic carbocycles. The van der Waals surface area contributed by atoms with Crippen LogP contribution in [-0.4, -0.2) is 34.0 Å². The first-order chi connectivity index (χ1) is 8.13. The molecule has 0 amide bonds. The van der Waals surface area contributed by atoms with Crippen molar-refractivity contribution in [2.45, 2.75) is 4.90 Å². The summed E-state index contributed by atoms with van der Waals surface area (Å²) in [6.07, 6.45) is 0. The van der Waals surface area contributed by atoms with Crippen molar-refractivity contribution in [3.63, 3.8) is 0 Å². The van der Waals surface area contributed by atoms with Crippen LogP contribution >= 0.6 is 35.2 Å². The fourth-order valence-electron chi connectivity index (χ4n) is 0.698. The molecule has 0 atom stereocenters. The molecule has 17 heavy (non-hydrogen) atoms. The lowest BCUT2D eigenvalue weighted by Gasteiger charge is -1.95. The molecule has 0 aliphatic carbocycles. The highest BCUT2D eigenvalue weighted by atomic mass is 35.5. The molecule has 0 unspecified atom stereocenters. The summed E-state index contributed by atoms with van der Waals surface area (Å²) in [6, 6.07) is 6.33. The Morgan fingerprint density at radius 2 is 1.88 bits per heavy atom. The molecular weight excluding hydrogens is 287 g/mol. The third-order valence-electron chi connectivity index (χ3n) is 1.39. The zero-order valence-corrected chi connectivity index (χ0v) is 11.1. The van der Waals surface area contributed by atoms with E-state index in [0.717, 1.165) is 4.90 Å². The van der Waals surface area contributed by atoms with Gasteiger partial charge in [-0.1, -0.05) is 0 Å². The Hall–Kier alpha value is -0.620. The van der Waals surface area contributed by atoms with Crippen molar-refractivity contribution >= 4 is 41.2 Å². The van der Waals surface area contributed by atoms with Crippen molar-refractivity contribution in [2.75, 3.05) is 18.4 Å². The maximum atomic E-state index is 10.2. The highest BCUT2D eigenvalue weighted by Gasteiger charge is 1.95. The van der Waals surface area contributed by atoms with Crippen LogP contribution in [0.2, 0.25) is 0 Å². The molecule has 0 fully saturated rings. The van der Waals surface area contributed by atoms with Crippen LogP contribution in [0.4, 0.5) is 0 Å². The van der Waals surface area contributed by atoms with E-state index in [0.29, 0.717) is 17.9 Å². The first-order valence-electron chi connectivity index (χ1n) is 4.52. The smallest absolute Gasteiger partial charge is 0.320 e. The minimum atomic E-state index is -0.424. The molecule has 0 saturated carbocycles. The van der Waals surface area contributed by atoms with E-state index >= 15 is 0 Å². The highest BCUT2D eigenvalue weighted by Crippen LogP contribution is 2.16. The quantitative estimate of drug-likeness (QED) is 0.508. The van der Waals surface area contributed by atoms with Gasteiger partial charge in [0.15, 0.2) is 0 Å². The van der Waals surface area contributed by atoms with E-state index in [2.05, 4.69) is 4.74 Å². The number of hydrogen-bond acceptors (Lipinski definition) is 5. The number of phenols is 1. The predicted molar refractivity (Wildman–Crippen MR) is 69.0 cm³/mol. The number of halogens is 2. The summed E-state index contributed by atoms with van der Waals surface area (Å²) in [7, 11) is 0. The molecule has 7 heteroatoms. The Bertz CT molecular complexity index is 319. The lowest BCUT2D eigenvalue weighted by Crippen LogP contribution is -2.07. The van der Waals surface area contributed by atoms with Gasteiger partial charge in [-0.25, -0.2) is 0 Å². The standard InChI is InChI=1S/C6H6O2S.C4H6Cl2O2/c7-5-1-3-6(9-8)4-2-5;5-1-2-8-4(7)3-6/h1-4,7-8H;1-3H2. The second-order valence-electron chi connectivity index (χ2n) is 2.63. The van der Waals surface area contributed by atoms with E-state index in [9.17, 15) is 4.79 Å². The van der Waals surface area contributed by atoms with Gasteiger partial charge in [-0.2, -0.15) is 0 Å². The van der Waals surface area contributed by atoms with Crippen LogP contribution in [0.3, 0.4) is 0 Å². The Balaban J connectivity index is 0.000000304. The van der Waals surface area contributed by atoms with Gasteiger partial charge < -0.3 is 14.4 Å². The fourth-order valence-corrected chi connectivity index (χ4v) is 1.11. The Morgan fingerprint density at radius 1 is 1.29 bits per heavy atom. The maximum absolute atomic E-state index is 10.2. The molecular formula is C10H12Cl2O4S. The van der Waals surface area contributed by atoms with Gasteiger partial charge in [0.25, 0.3) is 0 Å². The number of ether oxygens (including phenoxy) is 1. The summed E-state index contributed by atoms with van der Waals surface area (Å²) < 4.78 is 12.9. The zero-order valence-electron chi connectivity index (χ0n) is 8.81. The van der Waals surface area contributed by atoms with E-state index in [4.69, 9.17) is 32.9 Å². The molecule has 0 radical (unpaired) electrons. The third-order valence-corrected chi connectivity index (χ3v) is 2.25. The second-order valence-corrected chi connectivity index (χ2v) is 3.93. The molecule has 0 bridgehead atoms. The van der Waals surface area contributed by atoms with Crippen molar-refractivity contribution in [3.05, 3.63) is 24.3 Å². The summed E-state index contributed by atoms with van der Waals surface area (Å²) >= 11 is 10.9. The molecule has 0 spiro atoms. The maximum Gasteiger partial charge on any atom is 0.320 e. The van der Waals surface area contributed by atoms with Gasteiger partial charge in [-0.3, -0.25) is 4.79 Å². The average Bonchev–Trinajstić information content (AvgIpc) is 2.37. The van der Waals surface area contributed by atoms with Gasteiger partial charge in [0.1, 0.15) is 18.2 Å². The monoisotopic (exact) mass is 298 g/mol. The van der Waals surface area contributed by atoms with Crippen molar-refractivity contribution in [1.82, 2.24) is 0 Å². The fraction of sp³-hybridized carbons (Fsp3) is 0.300. The predicted octanol–water partition coefficient (Wildman–Crippen LogP) is 2.96. The summed E-state index contributed by atoms with van der Waals surface area (Å²) in [4.78, 5) is 10.9. The first kappa shape index (κ1) is 16.4. The molecule has 96 valence electrons. The van der Waals surface area contributed by atoms with Crippen LogP contribution in [0.15, 0.2) is 29.2 Å². The molecule has 4 nitrogen and oxygen atoms in total. The molecule has 2 N–H and O–H groups in total. The summed E-state index contributed by atoms with van der Waals surface area (Å²) in [5.74, 6) is 0.0135. The SMILES string of the molecule is O=C(CCl)OCCCl.OSc1ccc(O)cc1. The highest BCUT2D eigenvalue weighted by molar-refractivity contribution is 7.93. The molecule has 0 aromatic heterocycles. The Labute approximate surface area is 114 Å². The summed E-state index contributed by atoms with van der Waals surface area (Å²) in [5, 5.41) is 8.76. The first-order valence-corrected chi connectivity index (χ1v) is 6.36. The molecule has 0 aliphatic heterocycles. The van der Waals surface area contributed by atoms with Gasteiger partial charge in [-0.15, -0.1) is 23.2 Å². The summed E-state index contributed by atoms with van der Waals surface area (Å²) in [6.45, 7) is 0.243. The van der Waals surface area contributed by atoms with Crippen molar-refractivity contribution in [2.24, 2.45) is 0 Å². The minimum Gasteiger partial charge on any atom is -0.508 e. The van der Waals surface area contributed by atoms with Crippen molar-refractivity contribution in [1.29, 1.82) is 0 Å². The van der Waals surface area contributed by atoms with Crippen LogP contribution in [0, 0.1) is 0 Å². The van der Waals surface area contributed by atoms with Gasteiger partial charge in [-0.05, 0) is 24.3 Å². The van der Waals surface area contributed by atoms with Crippen LogP contribution in [-0.2, 0) is 9.53 Å². The van der Waals surface area contributed by atoms with Crippen molar-refractivity contribution < 1.29 is 19.2 Å². The lowest BCUT2D eigenvalue weighted by molar-refractivity contribution is -0.139. The minimum absolute atomic E-state index is 0.100. The number of alkyl halides is 2. The van der Waals surface area contributed by atoms with E-state index in [-0.39, 0.29) is 18.2 Å². The van der Waals surface area contributed by atoms with E-state index in [1.165, 1.54) is 12.1 Å². The zero-order chi connectivity index (χ0) is 13.1. The van der Waals surface area contributed by atoms with Gasteiger partial charge >= 0.3 is 5.97 Å². The molecule has 0 saturated heterocycles. The number of esters is 1. The number of carbonyl (C=O) groups excluding carboxylic acids is 1. The molecule has 0 heterocycles. The molecule has 0 aliphatic rings. The van der Waals surface area contributed by atoms with E-state index < -0.39 is 5.97 Å². The number of carbonyl (C=O) groups is 1. The number of phenolic OH excluding ortho intramolecular Hbond substituents is 1. The van der Waals surface area contributed by atoms with Crippen LogP contribution in [0.1, 0.15) is 0 Å². The Kier molecular flexibility index (Phi) is 10.1. The van der Waals surface area contributed by atoms with E-state index in [1.54, 1.807) is 12.1 Å². The van der Waals surface area contributed by atoms with Crippen LogP contribution in [0.5, 0.6) is 5.75 Å². The topological polar surface area (TPSA) is 66.8 Å². The van der Waals surface area contributed by atoms with Gasteiger partial charge in [0.05, 0.1) is 5.88 Å². The lowest BCUT2D eigenvalue weighted by atomic mass is 10.3. The van der Waals surface area contributed by atoms with Crippen LogP contribution < -0.4 is 0 Å². The number of hydrogen-bond donors (Lipinski definition) is 2. The molecule has 1 aromatic rings. The average molecular weight is 299 g/mol. The van der Waals surface area contributed by atoms with Gasteiger partial charge in [0.2, 0.25) is 0 Å². The molecule has 1 rings (SSSR count). The third kappa shape index (κ3) is 9.12.